The van der Waals surface area contributed by atoms with Crippen LogP contribution in [0.4, 0.5) is 0 Å². The molecule has 0 heterocycles. The van der Waals surface area contributed by atoms with Gasteiger partial charge in [-0.1, -0.05) is 6.07 Å². The minimum absolute atomic E-state index is 0. The predicted octanol–water partition coefficient (Wildman–Crippen LogP) is 0.729. The van der Waals surface area contributed by atoms with E-state index in [4.69, 9.17) is 11.5 Å². The van der Waals surface area contributed by atoms with Crippen molar-refractivity contribution >= 4 is 18.3 Å². The van der Waals surface area contributed by atoms with E-state index in [1.807, 2.05) is 6.07 Å². The molecule has 88 valence electrons. The predicted molar refractivity (Wildman–Crippen MR) is 63.9 cm³/mol. The summed E-state index contributed by atoms with van der Waals surface area (Å²) < 4.78 is 0. The van der Waals surface area contributed by atoms with Gasteiger partial charge in [-0.25, -0.2) is 0 Å². The summed E-state index contributed by atoms with van der Waals surface area (Å²) >= 11 is 0. The lowest BCUT2D eigenvalue weighted by atomic mass is 9.85. The Morgan fingerprint density at radius 3 is 2.75 bits per heavy atom. The van der Waals surface area contributed by atoms with E-state index in [1.165, 1.54) is 6.07 Å². The first-order valence-corrected chi connectivity index (χ1v) is 4.98. The number of rotatable bonds is 1. The first-order valence-electron chi connectivity index (χ1n) is 4.98. The molecule has 16 heavy (non-hydrogen) atoms. The number of fused-ring (bicyclic) bond motifs is 1. The molecule has 0 saturated heterocycles. The van der Waals surface area contributed by atoms with Crippen molar-refractivity contribution in [1.29, 1.82) is 0 Å². The number of hydrogen-bond donors (Lipinski definition) is 3. The number of benzene rings is 1. The minimum Gasteiger partial charge on any atom is -0.507 e. The first kappa shape index (κ1) is 12.8. The van der Waals surface area contributed by atoms with Crippen molar-refractivity contribution in [2.75, 3.05) is 0 Å². The number of halogens is 1. The van der Waals surface area contributed by atoms with Gasteiger partial charge < -0.3 is 16.6 Å². The fourth-order valence-electron chi connectivity index (χ4n) is 2.14. The summed E-state index contributed by atoms with van der Waals surface area (Å²) in [5.74, 6) is -0.600. The van der Waals surface area contributed by atoms with Crippen LogP contribution in [0, 0.1) is 0 Å². The van der Waals surface area contributed by atoms with E-state index in [-0.39, 0.29) is 29.8 Å². The minimum atomic E-state index is -0.570. The van der Waals surface area contributed by atoms with Crippen molar-refractivity contribution in [3.63, 3.8) is 0 Å². The van der Waals surface area contributed by atoms with E-state index in [0.29, 0.717) is 6.42 Å². The Kier molecular flexibility index (Phi) is 3.78. The Morgan fingerprint density at radius 1 is 1.44 bits per heavy atom. The maximum Gasteiger partial charge on any atom is 0.252 e. The molecular formula is C11H15ClN2O2. The molecule has 0 aromatic heterocycles. The maximum absolute atomic E-state index is 11.2. The quantitative estimate of drug-likeness (QED) is 0.678. The molecule has 0 radical (unpaired) electrons. The summed E-state index contributed by atoms with van der Waals surface area (Å²) in [6.45, 7) is 0. The van der Waals surface area contributed by atoms with Crippen molar-refractivity contribution in [3.05, 3.63) is 28.8 Å². The molecule has 1 amide bonds. The summed E-state index contributed by atoms with van der Waals surface area (Å²) in [4.78, 5) is 11.2. The summed E-state index contributed by atoms with van der Waals surface area (Å²) in [5, 5.41) is 9.57. The van der Waals surface area contributed by atoms with Crippen LogP contribution in [0.3, 0.4) is 0 Å². The number of carbonyl (C=O) groups excluding carboxylic acids is 1. The Morgan fingerprint density at radius 2 is 2.12 bits per heavy atom. The second-order valence-electron chi connectivity index (χ2n) is 3.96. The average molecular weight is 243 g/mol. The zero-order valence-corrected chi connectivity index (χ0v) is 9.59. The van der Waals surface area contributed by atoms with Crippen LogP contribution >= 0.6 is 12.4 Å². The Hall–Kier alpha value is -1.26. The molecular weight excluding hydrogens is 228 g/mol. The highest BCUT2D eigenvalue weighted by Gasteiger charge is 2.22. The van der Waals surface area contributed by atoms with Crippen molar-refractivity contribution < 1.29 is 9.90 Å². The van der Waals surface area contributed by atoms with Gasteiger partial charge in [0.25, 0.3) is 5.91 Å². The third-order valence-electron chi connectivity index (χ3n) is 2.88. The maximum atomic E-state index is 11.2. The van der Waals surface area contributed by atoms with Gasteiger partial charge in [0.1, 0.15) is 5.75 Å². The number of nitrogens with two attached hydrogens (primary N) is 2. The lowest BCUT2D eigenvalue weighted by Crippen LogP contribution is -2.29. The van der Waals surface area contributed by atoms with Crippen LogP contribution in [0.15, 0.2) is 12.1 Å². The molecule has 2 rings (SSSR count). The van der Waals surface area contributed by atoms with Crippen LogP contribution in [-0.2, 0) is 12.8 Å². The lowest BCUT2D eigenvalue weighted by molar-refractivity contribution is 0.0996. The number of amides is 1. The SMILES string of the molecule is Cl.NC(=O)c1c(O)ccc2c1CCC(N)C2. The standard InChI is InChI=1S/C11H14N2O2.ClH/c12-7-2-3-8-6(5-7)1-4-9(14)10(8)11(13)15;/h1,4,7,14H,2-3,5,12H2,(H2,13,15);1H. The normalized spacial score (nSPS) is 18.4. The first-order chi connectivity index (χ1) is 7.09. The van der Waals surface area contributed by atoms with E-state index in [1.54, 1.807) is 0 Å². The van der Waals surface area contributed by atoms with Crippen LogP contribution in [-0.4, -0.2) is 17.1 Å². The second kappa shape index (κ2) is 4.72. The van der Waals surface area contributed by atoms with Gasteiger partial charge in [-0.2, -0.15) is 0 Å². The van der Waals surface area contributed by atoms with Crippen molar-refractivity contribution in [2.45, 2.75) is 25.3 Å². The van der Waals surface area contributed by atoms with Gasteiger partial charge in [-0.3, -0.25) is 4.79 Å². The van der Waals surface area contributed by atoms with Gasteiger partial charge in [-0.15, -0.1) is 12.4 Å². The molecule has 5 heteroatoms. The van der Waals surface area contributed by atoms with Gasteiger partial charge in [-0.05, 0) is 36.5 Å². The number of hydrogen-bond acceptors (Lipinski definition) is 3. The van der Waals surface area contributed by atoms with Crippen molar-refractivity contribution in [1.82, 2.24) is 0 Å². The second-order valence-corrected chi connectivity index (χ2v) is 3.96. The highest BCUT2D eigenvalue weighted by atomic mass is 35.5. The van der Waals surface area contributed by atoms with E-state index in [2.05, 4.69) is 0 Å². The molecule has 0 saturated carbocycles. The fourth-order valence-corrected chi connectivity index (χ4v) is 2.14. The number of aromatic hydroxyl groups is 1. The molecule has 1 aliphatic carbocycles. The van der Waals surface area contributed by atoms with Crippen LogP contribution < -0.4 is 11.5 Å². The molecule has 1 unspecified atom stereocenters. The zero-order chi connectivity index (χ0) is 11.0. The number of carbonyl (C=O) groups is 1. The fraction of sp³-hybridized carbons (Fsp3) is 0.364. The summed E-state index contributed by atoms with van der Waals surface area (Å²) in [5.41, 5.74) is 13.2. The van der Waals surface area contributed by atoms with E-state index in [0.717, 1.165) is 24.0 Å². The molecule has 4 nitrogen and oxygen atoms in total. The van der Waals surface area contributed by atoms with Gasteiger partial charge >= 0.3 is 0 Å². The largest absolute Gasteiger partial charge is 0.507 e. The van der Waals surface area contributed by atoms with Crippen LogP contribution in [0.2, 0.25) is 0 Å². The van der Waals surface area contributed by atoms with Crippen molar-refractivity contribution in [2.24, 2.45) is 11.5 Å². The molecule has 1 aromatic carbocycles. The highest BCUT2D eigenvalue weighted by Crippen LogP contribution is 2.29. The van der Waals surface area contributed by atoms with E-state index in [9.17, 15) is 9.90 Å². The number of primary amides is 1. The lowest BCUT2D eigenvalue weighted by Gasteiger charge is -2.23. The molecule has 0 bridgehead atoms. The summed E-state index contributed by atoms with van der Waals surface area (Å²) in [7, 11) is 0. The van der Waals surface area contributed by atoms with Crippen molar-refractivity contribution in [3.8, 4) is 5.75 Å². The monoisotopic (exact) mass is 242 g/mol. The Labute approximate surface area is 100 Å². The third-order valence-corrected chi connectivity index (χ3v) is 2.88. The Bertz CT molecular complexity index is 421. The summed E-state index contributed by atoms with van der Waals surface area (Å²) in [6.07, 6.45) is 2.29. The molecule has 0 spiro atoms. The van der Waals surface area contributed by atoms with Crippen LogP contribution in [0.1, 0.15) is 27.9 Å². The highest BCUT2D eigenvalue weighted by molar-refractivity contribution is 5.97. The zero-order valence-electron chi connectivity index (χ0n) is 8.77. The van der Waals surface area contributed by atoms with Gasteiger partial charge in [0.15, 0.2) is 0 Å². The van der Waals surface area contributed by atoms with E-state index >= 15 is 0 Å². The van der Waals surface area contributed by atoms with Gasteiger partial charge in [0.2, 0.25) is 0 Å². The molecule has 0 aliphatic heterocycles. The van der Waals surface area contributed by atoms with Gasteiger partial charge in [0.05, 0.1) is 5.56 Å². The topological polar surface area (TPSA) is 89.3 Å². The molecule has 1 aliphatic rings. The van der Waals surface area contributed by atoms with Crippen LogP contribution in [0.5, 0.6) is 5.75 Å². The molecule has 5 N–H and O–H groups in total. The van der Waals surface area contributed by atoms with Crippen LogP contribution in [0.25, 0.3) is 0 Å². The number of phenols is 1. The molecule has 0 fully saturated rings. The molecule has 1 aromatic rings. The van der Waals surface area contributed by atoms with Gasteiger partial charge in [0, 0.05) is 6.04 Å². The average Bonchev–Trinajstić information content (AvgIpc) is 2.17. The molecule has 1 atom stereocenters. The third kappa shape index (κ3) is 2.13. The summed E-state index contributed by atoms with van der Waals surface area (Å²) in [6, 6.07) is 3.47. The smallest absolute Gasteiger partial charge is 0.252 e. The Balaban J connectivity index is 0.00000128. The van der Waals surface area contributed by atoms with E-state index < -0.39 is 5.91 Å².